The number of carbonyl (C=O) groups is 1. The van der Waals surface area contributed by atoms with Gasteiger partial charge in [0.15, 0.2) is 11.5 Å². The van der Waals surface area contributed by atoms with Crippen molar-refractivity contribution in [2.45, 2.75) is 18.9 Å². The maximum Gasteiger partial charge on any atom is 0.258 e. The average Bonchev–Trinajstić information content (AvgIpc) is 3.39. The number of H-pyrrole nitrogens is 1. The fourth-order valence-corrected chi connectivity index (χ4v) is 5.40. The molecular formula is C30H34F2N8O2. The number of ether oxygens (including phenoxy) is 1. The van der Waals surface area contributed by atoms with Crippen LogP contribution in [0, 0.1) is 11.6 Å². The summed E-state index contributed by atoms with van der Waals surface area (Å²) < 4.78 is 33.2. The first-order chi connectivity index (χ1) is 20.4. The summed E-state index contributed by atoms with van der Waals surface area (Å²) in [6.07, 6.45) is 1.74. The summed E-state index contributed by atoms with van der Waals surface area (Å²) in [5.41, 5.74) is 2.98. The summed E-state index contributed by atoms with van der Waals surface area (Å²) in [6.45, 7) is 5.21. The molecule has 12 heteroatoms. The zero-order valence-corrected chi connectivity index (χ0v) is 23.7. The van der Waals surface area contributed by atoms with Gasteiger partial charge in [-0.1, -0.05) is 0 Å². The molecule has 10 nitrogen and oxygen atoms in total. The molecule has 2 aromatic carbocycles. The highest BCUT2D eigenvalue weighted by Crippen LogP contribution is 2.30. The van der Waals surface area contributed by atoms with Crippen LogP contribution in [0.1, 0.15) is 23.2 Å². The lowest BCUT2D eigenvalue weighted by atomic mass is 10.1. The van der Waals surface area contributed by atoms with Crippen molar-refractivity contribution in [2.24, 2.45) is 0 Å². The minimum absolute atomic E-state index is 0.181. The van der Waals surface area contributed by atoms with E-state index >= 15 is 0 Å². The lowest BCUT2D eigenvalue weighted by molar-refractivity contribution is 0.0904. The number of nitrogens with zero attached hydrogens (tertiary/aromatic N) is 5. The first-order valence-electron chi connectivity index (χ1n) is 14.1. The molecule has 2 fully saturated rings. The van der Waals surface area contributed by atoms with Gasteiger partial charge in [-0.2, -0.15) is 5.10 Å². The number of carbonyl (C=O) groups excluding carboxylic acids is 1. The lowest BCUT2D eigenvalue weighted by Gasteiger charge is -2.34. The van der Waals surface area contributed by atoms with Crippen molar-refractivity contribution >= 4 is 45.6 Å². The number of aromatic amines is 1. The van der Waals surface area contributed by atoms with Crippen LogP contribution in [0.15, 0.2) is 48.5 Å². The van der Waals surface area contributed by atoms with Crippen molar-refractivity contribution in [1.29, 1.82) is 0 Å². The number of likely N-dealkylation sites (N-methyl/N-ethyl adjacent to an activating group) is 1. The Labute approximate surface area is 242 Å². The molecule has 0 atom stereocenters. The third kappa shape index (κ3) is 5.86. The van der Waals surface area contributed by atoms with Gasteiger partial charge in [-0.05, 0) is 62.4 Å². The number of pyridine rings is 1. The minimum Gasteiger partial charge on any atom is -0.381 e. The summed E-state index contributed by atoms with van der Waals surface area (Å²) in [6, 6.07) is 13.0. The lowest BCUT2D eigenvalue weighted by Crippen LogP contribution is -2.44. The van der Waals surface area contributed by atoms with Gasteiger partial charge in [0, 0.05) is 69.9 Å². The number of rotatable bonds is 7. The van der Waals surface area contributed by atoms with E-state index in [1.54, 1.807) is 19.2 Å². The van der Waals surface area contributed by atoms with E-state index in [9.17, 15) is 13.6 Å². The molecule has 2 aliphatic rings. The maximum absolute atomic E-state index is 14.3. The van der Waals surface area contributed by atoms with Gasteiger partial charge in [-0.25, -0.2) is 13.8 Å². The molecule has 4 aromatic rings. The van der Waals surface area contributed by atoms with E-state index in [1.165, 1.54) is 17.0 Å². The van der Waals surface area contributed by atoms with Gasteiger partial charge in [0.05, 0.1) is 16.6 Å². The topological polar surface area (TPSA) is 102 Å². The molecule has 0 unspecified atom stereocenters. The Morgan fingerprint density at radius 1 is 1.05 bits per heavy atom. The second-order valence-corrected chi connectivity index (χ2v) is 10.8. The van der Waals surface area contributed by atoms with Gasteiger partial charge >= 0.3 is 0 Å². The highest BCUT2D eigenvalue weighted by Gasteiger charge is 2.22. The first kappa shape index (κ1) is 27.9. The van der Waals surface area contributed by atoms with Crippen LogP contribution in [0.25, 0.3) is 11.0 Å². The second-order valence-electron chi connectivity index (χ2n) is 10.8. The van der Waals surface area contributed by atoms with Crippen molar-refractivity contribution in [3.8, 4) is 0 Å². The molecule has 2 saturated heterocycles. The van der Waals surface area contributed by atoms with Gasteiger partial charge in [-0.15, -0.1) is 0 Å². The Balaban J connectivity index is 1.24. The van der Waals surface area contributed by atoms with Crippen LogP contribution in [0.2, 0.25) is 0 Å². The van der Waals surface area contributed by atoms with Gasteiger partial charge in [0.1, 0.15) is 17.5 Å². The maximum atomic E-state index is 14.3. The average molecular weight is 577 g/mol. The SMILES string of the molecule is CN1CCN(c2ccc(C(=O)Nc3n[nH]c4nc(N(C)c5ccc(F)cc5F)ccc34)c(NC3CCOCC3)c2)CC1. The van der Waals surface area contributed by atoms with Crippen molar-refractivity contribution < 1.29 is 18.3 Å². The summed E-state index contributed by atoms with van der Waals surface area (Å²) in [5, 5.41) is 14.3. The normalized spacial score (nSPS) is 16.5. The molecule has 220 valence electrons. The number of nitrogens with one attached hydrogen (secondary N) is 3. The van der Waals surface area contributed by atoms with Crippen LogP contribution in [0.5, 0.6) is 0 Å². The van der Waals surface area contributed by atoms with E-state index in [0.29, 0.717) is 41.4 Å². The van der Waals surface area contributed by atoms with Gasteiger partial charge < -0.3 is 30.1 Å². The van der Waals surface area contributed by atoms with E-state index in [-0.39, 0.29) is 17.6 Å². The summed E-state index contributed by atoms with van der Waals surface area (Å²) in [7, 11) is 3.77. The van der Waals surface area contributed by atoms with Crippen molar-refractivity contribution in [1.82, 2.24) is 20.1 Å². The first-order valence-corrected chi connectivity index (χ1v) is 14.1. The fraction of sp³-hybridized carbons (Fsp3) is 0.367. The molecule has 0 aliphatic carbocycles. The Hall–Kier alpha value is -4.29. The molecule has 0 spiro atoms. The third-order valence-corrected chi connectivity index (χ3v) is 7.95. The molecule has 0 saturated carbocycles. The van der Waals surface area contributed by atoms with E-state index in [2.05, 4.69) is 48.7 Å². The summed E-state index contributed by atoms with van der Waals surface area (Å²) >= 11 is 0. The van der Waals surface area contributed by atoms with Gasteiger partial charge in [-0.3, -0.25) is 9.89 Å². The van der Waals surface area contributed by atoms with Crippen LogP contribution >= 0.6 is 0 Å². The number of fused-ring (bicyclic) bond motifs is 1. The number of piperazine rings is 1. The molecule has 0 bridgehead atoms. The number of hydrogen-bond donors (Lipinski definition) is 3. The highest BCUT2D eigenvalue weighted by molar-refractivity contribution is 6.10. The molecule has 6 rings (SSSR count). The van der Waals surface area contributed by atoms with E-state index in [1.807, 2.05) is 12.1 Å². The molecule has 2 aromatic heterocycles. The molecule has 1 amide bonds. The van der Waals surface area contributed by atoms with Crippen molar-refractivity contribution in [2.75, 3.05) is 73.9 Å². The number of halogens is 2. The van der Waals surface area contributed by atoms with Gasteiger partial charge in [0.25, 0.3) is 5.91 Å². The number of benzene rings is 2. The number of anilines is 5. The number of hydrogen-bond acceptors (Lipinski definition) is 8. The van der Waals surface area contributed by atoms with Crippen LogP contribution < -0.4 is 20.4 Å². The highest BCUT2D eigenvalue weighted by atomic mass is 19.1. The minimum atomic E-state index is -0.694. The van der Waals surface area contributed by atoms with Crippen LogP contribution in [-0.2, 0) is 4.74 Å². The van der Waals surface area contributed by atoms with E-state index in [4.69, 9.17) is 4.74 Å². The predicted octanol–water partition coefficient (Wildman–Crippen LogP) is 4.60. The van der Waals surface area contributed by atoms with Crippen molar-refractivity contribution in [3.63, 3.8) is 0 Å². The Morgan fingerprint density at radius 3 is 2.60 bits per heavy atom. The summed E-state index contributed by atoms with van der Waals surface area (Å²) in [4.78, 5) is 24.3. The largest absolute Gasteiger partial charge is 0.381 e. The monoisotopic (exact) mass is 576 g/mol. The molecule has 3 N–H and O–H groups in total. The number of amides is 1. The molecule has 42 heavy (non-hydrogen) atoms. The van der Waals surface area contributed by atoms with E-state index < -0.39 is 11.6 Å². The second kappa shape index (κ2) is 11.9. The molecule has 2 aliphatic heterocycles. The zero-order chi connectivity index (χ0) is 29.2. The third-order valence-electron chi connectivity index (χ3n) is 7.95. The summed E-state index contributed by atoms with van der Waals surface area (Å²) in [5.74, 6) is -0.873. The van der Waals surface area contributed by atoms with E-state index in [0.717, 1.165) is 56.5 Å². The zero-order valence-electron chi connectivity index (χ0n) is 23.7. The van der Waals surface area contributed by atoms with Crippen LogP contribution in [0.4, 0.5) is 37.5 Å². The van der Waals surface area contributed by atoms with Crippen molar-refractivity contribution in [3.05, 3.63) is 65.7 Å². The Morgan fingerprint density at radius 2 is 1.83 bits per heavy atom. The quantitative estimate of drug-likeness (QED) is 0.294. The standard InChI is InChI=1S/C30H34F2N8O2/c1-38-11-13-40(14-12-38)21-4-5-22(25(18-21)33-20-9-15-42-16-10-20)30(41)35-29-23-6-8-27(34-28(23)36-37-29)39(2)26-7-3-19(31)17-24(26)32/h3-8,17-18,20,33H,9-16H2,1-2H3,(H2,34,35,36,37,41). The number of aromatic nitrogens is 3. The molecular weight excluding hydrogens is 542 g/mol. The van der Waals surface area contributed by atoms with Crippen LogP contribution in [-0.4, -0.2) is 85.5 Å². The van der Waals surface area contributed by atoms with Crippen LogP contribution in [0.3, 0.4) is 0 Å². The molecule has 4 heterocycles. The van der Waals surface area contributed by atoms with Gasteiger partial charge in [0.2, 0.25) is 0 Å². The Bertz CT molecular complexity index is 1580. The predicted molar refractivity (Wildman–Crippen MR) is 160 cm³/mol. The fourth-order valence-electron chi connectivity index (χ4n) is 5.40. The molecule has 0 radical (unpaired) electrons. The smallest absolute Gasteiger partial charge is 0.258 e. The Kier molecular flexibility index (Phi) is 7.90.